The van der Waals surface area contributed by atoms with Gasteiger partial charge in [-0.3, -0.25) is 9.69 Å². The van der Waals surface area contributed by atoms with Crippen molar-refractivity contribution in [3.8, 4) is 11.5 Å². The lowest BCUT2D eigenvalue weighted by Gasteiger charge is -2.29. The van der Waals surface area contributed by atoms with Crippen molar-refractivity contribution in [3.05, 3.63) is 76.9 Å². The van der Waals surface area contributed by atoms with Gasteiger partial charge in [-0.05, 0) is 78.3 Å². The summed E-state index contributed by atoms with van der Waals surface area (Å²) in [7, 11) is 3.35. The molecule has 0 spiro atoms. The van der Waals surface area contributed by atoms with E-state index in [0.29, 0.717) is 11.3 Å². The van der Waals surface area contributed by atoms with Crippen molar-refractivity contribution in [2.75, 3.05) is 44.6 Å². The number of nitrogens with two attached hydrogens (primary N) is 1. The molecule has 0 unspecified atom stereocenters. The Labute approximate surface area is 205 Å². The highest BCUT2D eigenvalue weighted by molar-refractivity contribution is 7.98. The Morgan fingerprint density at radius 2 is 1.74 bits per heavy atom. The second-order valence-electron chi connectivity index (χ2n) is 8.36. The number of carbonyl (C=O) groups is 1. The quantitative estimate of drug-likeness (QED) is 0.356. The molecule has 1 heterocycles. The molecule has 34 heavy (non-hydrogen) atoms. The molecular formula is C27H31N3O3S. The molecule has 1 aliphatic rings. The first-order chi connectivity index (χ1) is 16.5. The van der Waals surface area contributed by atoms with Crippen LogP contribution in [0.3, 0.4) is 0 Å². The normalized spacial score (nSPS) is 13.3. The van der Waals surface area contributed by atoms with E-state index >= 15 is 0 Å². The van der Waals surface area contributed by atoms with Crippen LogP contribution in [0, 0.1) is 0 Å². The van der Waals surface area contributed by atoms with Crippen molar-refractivity contribution < 1.29 is 14.3 Å². The van der Waals surface area contributed by atoms with Crippen LogP contribution in [0.5, 0.6) is 11.5 Å². The van der Waals surface area contributed by atoms with E-state index in [9.17, 15) is 4.79 Å². The van der Waals surface area contributed by atoms with Crippen LogP contribution >= 0.6 is 11.8 Å². The van der Waals surface area contributed by atoms with E-state index in [4.69, 9.17) is 15.2 Å². The third kappa shape index (κ3) is 5.48. The number of ether oxygens (including phenoxy) is 2. The van der Waals surface area contributed by atoms with Crippen molar-refractivity contribution >= 4 is 29.0 Å². The summed E-state index contributed by atoms with van der Waals surface area (Å²) in [5.41, 5.74) is 11.6. The zero-order chi connectivity index (χ0) is 24.1. The Bertz CT molecular complexity index is 1160. The number of rotatable bonds is 8. The Hall–Kier alpha value is -3.16. The van der Waals surface area contributed by atoms with Crippen molar-refractivity contribution in [1.82, 2.24) is 4.90 Å². The number of methoxy groups -OCH3 is 2. The average molecular weight is 478 g/mol. The molecule has 0 aromatic heterocycles. The van der Waals surface area contributed by atoms with E-state index in [1.807, 2.05) is 30.5 Å². The molecule has 3 aromatic carbocycles. The summed E-state index contributed by atoms with van der Waals surface area (Å²) in [5.74, 6) is 1.38. The lowest BCUT2D eigenvalue weighted by Crippen LogP contribution is -2.32. The largest absolute Gasteiger partial charge is 0.493 e. The maximum absolute atomic E-state index is 12.7. The highest BCUT2D eigenvalue weighted by Gasteiger charge is 2.19. The van der Waals surface area contributed by atoms with Crippen molar-refractivity contribution in [2.24, 2.45) is 0 Å². The minimum atomic E-state index is -0.194. The number of benzene rings is 3. The molecule has 1 amide bonds. The van der Waals surface area contributed by atoms with Gasteiger partial charge in [-0.1, -0.05) is 12.1 Å². The van der Waals surface area contributed by atoms with E-state index in [-0.39, 0.29) is 5.91 Å². The molecule has 6 nitrogen and oxygen atoms in total. The number of hydrogen-bond acceptors (Lipinski definition) is 6. The second kappa shape index (κ2) is 10.8. The van der Waals surface area contributed by atoms with Gasteiger partial charge in [0.1, 0.15) is 0 Å². The number of amides is 1. The smallest absolute Gasteiger partial charge is 0.257 e. The van der Waals surface area contributed by atoms with Crippen LogP contribution in [0.25, 0.3) is 0 Å². The average Bonchev–Trinajstić information content (AvgIpc) is 2.87. The molecule has 0 fully saturated rings. The van der Waals surface area contributed by atoms with Gasteiger partial charge in [0, 0.05) is 35.9 Å². The van der Waals surface area contributed by atoms with E-state index in [2.05, 4.69) is 34.5 Å². The molecule has 0 aliphatic carbocycles. The maximum atomic E-state index is 12.7. The first kappa shape index (κ1) is 24.0. The van der Waals surface area contributed by atoms with Crippen LogP contribution in [-0.2, 0) is 19.4 Å². The van der Waals surface area contributed by atoms with Gasteiger partial charge in [0.2, 0.25) is 0 Å². The summed E-state index contributed by atoms with van der Waals surface area (Å²) in [6, 6.07) is 17.8. The number of thioether (sulfide) groups is 1. The molecule has 178 valence electrons. The number of carbonyl (C=O) groups excluding carboxylic acids is 1. The molecule has 0 bridgehead atoms. The zero-order valence-corrected chi connectivity index (χ0v) is 20.7. The summed E-state index contributed by atoms with van der Waals surface area (Å²) >= 11 is 1.58. The third-order valence-electron chi connectivity index (χ3n) is 6.23. The summed E-state index contributed by atoms with van der Waals surface area (Å²) in [4.78, 5) is 16.2. The minimum absolute atomic E-state index is 0.194. The second-order valence-corrected chi connectivity index (χ2v) is 9.24. The van der Waals surface area contributed by atoms with Gasteiger partial charge >= 0.3 is 0 Å². The number of hydrogen-bond donors (Lipinski definition) is 2. The molecule has 7 heteroatoms. The molecule has 0 atom stereocenters. The predicted molar refractivity (Wildman–Crippen MR) is 139 cm³/mol. The Morgan fingerprint density at radius 3 is 2.41 bits per heavy atom. The van der Waals surface area contributed by atoms with Crippen LogP contribution in [0.15, 0.2) is 59.5 Å². The van der Waals surface area contributed by atoms with Gasteiger partial charge in [-0.15, -0.1) is 11.8 Å². The van der Waals surface area contributed by atoms with Crippen molar-refractivity contribution in [1.29, 1.82) is 0 Å². The number of nitrogen functional groups attached to an aromatic ring is 1. The van der Waals surface area contributed by atoms with Gasteiger partial charge in [-0.2, -0.15) is 0 Å². The third-order valence-corrected chi connectivity index (χ3v) is 6.96. The van der Waals surface area contributed by atoms with Crippen LogP contribution in [-0.4, -0.2) is 44.4 Å². The van der Waals surface area contributed by atoms with Crippen LogP contribution < -0.4 is 20.5 Å². The summed E-state index contributed by atoms with van der Waals surface area (Å²) < 4.78 is 10.9. The molecule has 1 aliphatic heterocycles. The number of nitrogens with zero attached hydrogens (tertiary/aromatic N) is 1. The standard InChI is InChI=1S/C27H31N3O3S/c1-32-25-14-19-11-13-30(17-20(19)15-26(25)33-2)12-10-18-4-6-21(7-5-18)29-27(31)23-16-22(34-3)8-9-24(23)28/h4-9,14-16H,10-13,17,28H2,1-3H3,(H,29,31). The lowest BCUT2D eigenvalue weighted by atomic mass is 9.98. The van der Waals surface area contributed by atoms with Crippen LogP contribution in [0.1, 0.15) is 27.0 Å². The molecule has 3 aromatic rings. The minimum Gasteiger partial charge on any atom is -0.493 e. The summed E-state index contributed by atoms with van der Waals surface area (Å²) in [5, 5.41) is 2.95. The molecule has 0 saturated heterocycles. The van der Waals surface area contributed by atoms with Gasteiger partial charge in [0.05, 0.1) is 19.8 Å². The molecule has 0 saturated carbocycles. The Balaban J connectivity index is 1.34. The zero-order valence-electron chi connectivity index (χ0n) is 19.9. The fourth-order valence-corrected chi connectivity index (χ4v) is 4.67. The van der Waals surface area contributed by atoms with E-state index in [1.165, 1.54) is 16.7 Å². The van der Waals surface area contributed by atoms with Crippen LogP contribution in [0.2, 0.25) is 0 Å². The van der Waals surface area contributed by atoms with Gasteiger partial charge in [0.25, 0.3) is 5.91 Å². The van der Waals surface area contributed by atoms with E-state index < -0.39 is 0 Å². The predicted octanol–water partition coefficient (Wildman–Crippen LogP) is 4.86. The summed E-state index contributed by atoms with van der Waals surface area (Å²) in [6.45, 7) is 2.89. The fourth-order valence-electron chi connectivity index (χ4n) is 4.23. The monoisotopic (exact) mass is 477 g/mol. The SMILES string of the molecule is COc1cc2c(cc1OC)CN(CCc1ccc(NC(=O)c3cc(SC)ccc3N)cc1)CC2. The van der Waals surface area contributed by atoms with Crippen molar-refractivity contribution in [2.45, 2.75) is 24.3 Å². The highest BCUT2D eigenvalue weighted by Crippen LogP contribution is 2.33. The fraction of sp³-hybridized carbons (Fsp3) is 0.296. The Kier molecular flexibility index (Phi) is 7.65. The first-order valence-corrected chi connectivity index (χ1v) is 12.5. The number of anilines is 2. The topological polar surface area (TPSA) is 76.8 Å². The van der Waals surface area contributed by atoms with Gasteiger partial charge in [0.15, 0.2) is 11.5 Å². The van der Waals surface area contributed by atoms with Gasteiger partial charge in [-0.25, -0.2) is 0 Å². The maximum Gasteiger partial charge on any atom is 0.257 e. The highest BCUT2D eigenvalue weighted by atomic mass is 32.2. The van der Waals surface area contributed by atoms with Gasteiger partial charge < -0.3 is 20.5 Å². The Morgan fingerprint density at radius 1 is 1.03 bits per heavy atom. The van der Waals surface area contributed by atoms with Crippen LogP contribution in [0.4, 0.5) is 11.4 Å². The van der Waals surface area contributed by atoms with Crippen molar-refractivity contribution in [3.63, 3.8) is 0 Å². The number of nitrogens with one attached hydrogen (secondary N) is 1. The lowest BCUT2D eigenvalue weighted by molar-refractivity contribution is 0.102. The van der Waals surface area contributed by atoms with E-state index in [0.717, 1.165) is 54.6 Å². The molecular weight excluding hydrogens is 446 g/mol. The summed E-state index contributed by atoms with van der Waals surface area (Å²) in [6.07, 6.45) is 3.92. The molecule has 0 radical (unpaired) electrons. The first-order valence-electron chi connectivity index (χ1n) is 11.3. The molecule has 4 rings (SSSR count). The van der Waals surface area contributed by atoms with E-state index in [1.54, 1.807) is 32.0 Å². The molecule has 3 N–H and O–H groups in total. The number of fused-ring (bicyclic) bond motifs is 1.